The molecule has 0 aromatic heterocycles. The first-order valence-corrected chi connectivity index (χ1v) is 6.55. The van der Waals surface area contributed by atoms with Crippen LogP contribution in [-0.4, -0.2) is 50.4 Å². The van der Waals surface area contributed by atoms with Gasteiger partial charge in [0, 0.05) is 18.7 Å². The number of amides is 2. The van der Waals surface area contributed by atoms with Crippen molar-refractivity contribution in [1.82, 2.24) is 10.6 Å². The number of para-hydroxylation sites is 1. The van der Waals surface area contributed by atoms with Gasteiger partial charge in [0.25, 0.3) is 0 Å². The van der Waals surface area contributed by atoms with Gasteiger partial charge in [-0.05, 0) is 6.07 Å². The number of rotatable bonds is 8. The molecule has 0 unspecified atom stereocenters. The van der Waals surface area contributed by atoms with Gasteiger partial charge in [-0.1, -0.05) is 18.2 Å². The summed E-state index contributed by atoms with van der Waals surface area (Å²) in [5, 5.41) is 13.4. The Balaban J connectivity index is 2.31. The number of hydrogen-bond donors (Lipinski definition) is 3. The predicted molar refractivity (Wildman–Crippen MR) is 75.8 cm³/mol. The third-order valence-corrected chi connectivity index (χ3v) is 2.61. The quantitative estimate of drug-likeness (QED) is 0.441. The maximum atomic E-state index is 11.6. The molecule has 0 radical (unpaired) electrons. The van der Waals surface area contributed by atoms with Crippen molar-refractivity contribution in [2.45, 2.75) is 6.54 Å². The van der Waals surface area contributed by atoms with Crippen molar-refractivity contribution in [1.29, 1.82) is 0 Å². The summed E-state index contributed by atoms with van der Waals surface area (Å²) in [6.45, 7) is 0.785. The fraction of sp³-hybridized carbons (Fsp3) is 0.429. The summed E-state index contributed by atoms with van der Waals surface area (Å²) in [6.07, 6.45) is 0. The van der Waals surface area contributed by atoms with Gasteiger partial charge in [-0.15, -0.1) is 0 Å². The molecule has 0 spiro atoms. The van der Waals surface area contributed by atoms with Crippen LogP contribution in [0, 0.1) is 0 Å². The van der Waals surface area contributed by atoms with Gasteiger partial charge in [0.1, 0.15) is 5.75 Å². The summed E-state index contributed by atoms with van der Waals surface area (Å²) in [6, 6.07) is 7.23. The molecular formula is C14H20N2O5. The van der Waals surface area contributed by atoms with E-state index >= 15 is 0 Å². The molecule has 0 atom stereocenters. The number of nitrogens with one attached hydrogen (secondary N) is 2. The van der Waals surface area contributed by atoms with Gasteiger partial charge in [-0.3, -0.25) is 9.59 Å². The predicted octanol–water partition coefficient (Wildman–Crippen LogP) is -0.563. The van der Waals surface area contributed by atoms with Crippen LogP contribution in [0.15, 0.2) is 24.3 Å². The normalized spacial score (nSPS) is 10.0. The minimum atomic E-state index is -0.725. The Morgan fingerprint density at radius 3 is 2.57 bits per heavy atom. The molecule has 1 rings (SSSR count). The number of aliphatic hydroxyl groups is 1. The van der Waals surface area contributed by atoms with Gasteiger partial charge in [0.05, 0.1) is 26.9 Å². The highest BCUT2D eigenvalue weighted by Crippen LogP contribution is 2.16. The van der Waals surface area contributed by atoms with E-state index in [-0.39, 0.29) is 32.9 Å². The average Bonchev–Trinajstić information content (AvgIpc) is 2.52. The lowest BCUT2D eigenvalue weighted by Crippen LogP contribution is -2.40. The Morgan fingerprint density at radius 2 is 1.86 bits per heavy atom. The first kappa shape index (κ1) is 16.9. The lowest BCUT2D eigenvalue weighted by molar-refractivity contribution is -0.139. The Kier molecular flexibility index (Phi) is 7.85. The smallest absolute Gasteiger partial charge is 0.309 e. The first-order chi connectivity index (χ1) is 10.2. The summed E-state index contributed by atoms with van der Waals surface area (Å²) in [5.41, 5.74) is 0.785. The summed E-state index contributed by atoms with van der Waals surface area (Å²) in [7, 11) is 1.54. The van der Waals surface area contributed by atoms with Crippen molar-refractivity contribution in [3.8, 4) is 5.75 Å². The van der Waals surface area contributed by atoms with Crippen molar-refractivity contribution < 1.29 is 24.2 Å². The molecule has 0 aliphatic heterocycles. The fourth-order valence-electron chi connectivity index (χ4n) is 1.59. The second kappa shape index (κ2) is 9.73. The number of carbonyl (C=O) groups is 2. The Bertz CT molecular complexity index is 464. The van der Waals surface area contributed by atoms with Gasteiger partial charge in [-0.2, -0.15) is 0 Å². The molecule has 3 N–H and O–H groups in total. The molecule has 2 amide bonds. The number of ether oxygens (including phenoxy) is 2. The zero-order valence-corrected chi connectivity index (χ0v) is 11.9. The molecule has 116 valence electrons. The Morgan fingerprint density at radius 1 is 1.14 bits per heavy atom. The maximum absolute atomic E-state index is 11.6. The number of methoxy groups -OCH3 is 1. The van der Waals surface area contributed by atoms with Crippen LogP contribution in [0.3, 0.4) is 0 Å². The molecule has 0 fully saturated rings. The van der Waals surface area contributed by atoms with Crippen LogP contribution in [0.4, 0.5) is 0 Å². The van der Waals surface area contributed by atoms with Crippen molar-refractivity contribution >= 4 is 11.8 Å². The van der Waals surface area contributed by atoms with Crippen LogP contribution < -0.4 is 15.4 Å². The molecule has 7 nitrogen and oxygen atoms in total. The highest BCUT2D eigenvalue weighted by molar-refractivity contribution is 6.35. The van der Waals surface area contributed by atoms with Crippen molar-refractivity contribution in [3.63, 3.8) is 0 Å². The second-order valence-corrected chi connectivity index (χ2v) is 4.09. The SMILES string of the molecule is COc1ccccc1CNC(=O)C(=O)NCCOCCO. The van der Waals surface area contributed by atoms with E-state index in [0.29, 0.717) is 5.75 Å². The van der Waals surface area contributed by atoms with E-state index < -0.39 is 11.8 Å². The van der Waals surface area contributed by atoms with Crippen LogP contribution >= 0.6 is 0 Å². The monoisotopic (exact) mass is 296 g/mol. The molecule has 0 heterocycles. The number of hydrogen-bond acceptors (Lipinski definition) is 5. The van der Waals surface area contributed by atoms with Crippen molar-refractivity contribution in [3.05, 3.63) is 29.8 Å². The van der Waals surface area contributed by atoms with E-state index in [1.165, 1.54) is 0 Å². The summed E-state index contributed by atoms with van der Waals surface area (Å²) in [5.74, 6) is -0.795. The highest BCUT2D eigenvalue weighted by Gasteiger charge is 2.13. The topological polar surface area (TPSA) is 96.9 Å². The largest absolute Gasteiger partial charge is 0.496 e. The molecule has 21 heavy (non-hydrogen) atoms. The molecule has 0 bridgehead atoms. The van der Waals surface area contributed by atoms with E-state index in [1.807, 2.05) is 12.1 Å². The molecule has 0 saturated heterocycles. The second-order valence-electron chi connectivity index (χ2n) is 4.09. The summed E-state index contributed by atoms with van der Waals surface area (Å²) in [4.78, 5) is 23.1. The zero-order chi connectivity index (χ0) is 15.5. The maximum Gasteiger partial charge on any atom is 0.309 e. The number of carbonyl (C=O) groups excluding carboxylic acids is 2. The third kappa shape index (κ3) is 6.24. The minimum Gasteiger partial charge on any atom is -0.496 e. The Hall–Kier alpha value is -2.12. The van der Waals surface area contributed by atoms with E-state index in [1.54, 1.807) is 19.2 Å². The minimum absolute atomic E-state index is 0.0761. The molecule has 0 aliphatic carbocycles. The molecule has 0 aliphatic rings. The lowest BCUT2D eigenvalue weighted by atomic mass is 10.2. The number of benzene rings is 1. The van der Waals surface area contributed by atoms with E-state index in [0.717, 1.165) is 5.56 Å². The van der Waals surface area contributed by atoms with Gasteiger partial charge in [0.15, 0.2) is 0 Å². The molecular weight excluding hydrogens is 276 g/mol. The summed E-state index contributed by atoms with van der Waals surface area (Å²) < 4.78 is 10.1. The average molecular weight is 296 g/mol. The van der Waals surface area contributed by atoms with Crippen LogP contribution in [-0.2, 0) is 20.9 Å². The third-order valence-electron chi connectivity index (χ3n) is 2.61. The van der Waals surface area contributed by atoms with Crippen LogP contribution in [0.2, 0.25) is 0 Å². The van der Waals surface area contributed by atoms with Gasteiger partial charge in [0.2, 0.25) is 0 Å². The van der Waals surface area contributed by atoms with E-state index in [4.69, 9.17) is 14.6 Å². The van der Waals surface area contributed by atoms with Gasteiger partial charge < -0.3 is 25.2 Å². The zero-order valence-electron chi connectivity index (χ0n) is 11.9. The van der Waals surface area contributed by atoms with E-state index in [2.05, 4.69) is 10.6 Å². The molecule has 0 saturated carbocycles. The van der Waals surface area contributed by atoms with Crippen LogP contribution in [0.25, 0.3) is 0 Å². The van der Waals surface area contributed by atoms with Gasteiger partial charge >= 0.3 is 11.8 Å². The fourth-order valence-corrected chi connectivity index (χ4v) is 1.59. The van der Waals surface area contributed by atoms with Crippen molar-refractivity contribution in [2.24, 2.45) is 0 Å². The molecule has 7 heteroatoms. The lowest BCUT2D eigenvalue weighted by Gasteiger charge is -2.09. The standard InChI is InChI=1S/C14H20N2O5/c1-20-12-5-3-2-4-11(12)10-16-14(19)13(18)15-6-8-21-9-7-17/h2-5,17H,6-10H2,1H3,(H,15,18)(H,16,19). The molecule has 1 aromatic carbocycles. The Labute approximate surface area is 123 Å². The first-order valence-electron chi connectivity index (χ1n) is 6.55. The summed E-state index contributed by atoms with van der Waals surface area (Å²) >= 11 is 0. The number of aliphatic hydroxyl groups excluding tert-OH is 1. The van der Waals surface area contributed by atoms with E-state index in [9.17, 15) is 9.59 Å². The van der Waals surface area contributed by atoms with Crippen molar-refractivity contribution in [2.75, 3.05) is 33.5 Å². The highest BCUT2D eigenvalue weighted by atomic mass is 16.5. The molecule has 1 aromatic rings. The van der Waals surface area contributed by atoms with Crippen LogP contribution in [0.5, 0.6) is 5.75 Å². The van der Waals surface area contributed by atoms with Gasteiger partial charge in [-0.25, -0.2) is 0 Å². The van der Waals surface area contributed by atoms with Crippen LogP contribution in [0.1, 0.15) is 5.56 Å².